The van der Waals surface area contributed by atoms with Gasteiger partial charge in [-0.25, -0.2) is 9.59 Å². The Kier molecular flexibility index (Phi) is 4.63. The Hall–Kier alpha value is -1.30. The fourth-order valence-electron chi connectivity index (χ4n) is 2.35. The molecule has 0 bridgehead atoms. The second-order valence-electron chi connectivity index (χ2n) is 5.41. The Balaban J connectivity index is 1.64. The minimum Gasteiger partial charge on any atom is -0.480 e. The summed E-state index contributed by atoms with van der Waals surface area (Å²) < 4.78 is 0. The van der Waals surface area contributed by atoms with Gasteiger partial charge in [-0.05, 0) is 38.1 Å². The molecule has 2 saturated carbocycles. The maximum Gasteiger partial charge on any atom is 0.326 e. The van der Waals surface area contributed by atoms with Crippen molar-refractivity contribution in [1.82, 2.24) is 15.5 Å². The van der Waals surface area contributed by atoms with Crippen molar-refractivity contribution >= 4 is 12.0 Å². The number of nitrogens with one attached hydrogen (secondary N) is 2. The third kappa shape index (κ3) is 4.38. The Morgan fingerprint density at radius 3 is 2.47 bits per heavy atom. The topological polar surface area (TPSA) is 81.7 Å². The van der Waals surface area contributed by atoms with Crippen molar-refractivity contribution in [1.29, 1.82) is 0 Å². The average Bonchev–Trinajstić information content (AvgIpc) is 3.23. The van der Waals surface area contributed by atoms with Crippen LogP contribution in [-0.4, -0.2) is 53.7 Å². The number of carboxylic acids is 1. The van der Waals surface area contributed by atoms with Gasteiger partial charge in [-0.1, -0.05) is 6.92 Å². The van der Waals surface area contributed by atoms with Crippen LogP contribution in [0.3, 0.4) is 0 Å². The molecular weight excluding hydrogens is 246 g/mol. The molecule has 0 radical (unpaired) electrons. The zero-order chi connectivity index (χ0) is 13.8. The van der Waals surface area contributed by atoms with Gasteiger partial charge in [-0.3, -0.25) is 4.90 Å². The number of carboxylic acid groups (broad SMARTS) is 1. The van der Waals surface area contributed by atoms with Crippen LogP contribution in [-0.2, 0) is 4.79 Å². The molecule has 2 fully saturated rings. The first-order valence-electron chi connectivity index (χ1n) is 7.13. The Morgan fingerprint density at radius 1 is 1.32 bits per heavy atom. The third-order valence-electron chi connectivity index (χ3n) is 3.80. The van der Waals surface area contributed by atoms with Crippen LogP contribution in [0.2, 0.25) is 0 Å². The van der Waals surface area contributed by atoms with E-state index >= 15 is 0 Å². The highest BCUT2D eigenvalue weighted by atomic mass is 16.4. The van der Waals surface area contributed by atoms with E-state index in [1.54, 1.807) is 0 Å². The van der Waals surface area contributed by atoms with Gasteiger partial charge in [0.05, 0.1) is 0 Å². The lowest BCUT2D eigenvalue weighted by atomic mass is 10.2. The average molecular weight is 269 g/mol. The molecule has 6 heteroatoms. The summed E-state index contributed by atoms with van der Waals surface area (Å²) in [6.07, 6.45) is 4.29. The summed E-state index contributed by atoms with van der Waals surface area (Å²) in [5, 5.41) is 14.3. The molecule has 2 aliphatic rings. The van der Waals surface area contributed by atoms with Crippen molar-refractivity contribution in [3.05, 3.63) is 0 Å². The normalized spacial score (nSPS) is 20.1. The molecule has 0 saturated heterocycles. The number of urea groups is 1. The van der Waals surface area contributed by atoms with Crippen molar-refractivity contribution in [2.24, 2.45) is 5.92 Å². The lowest BCUT2D eigenvalue weighted by molar-refractivity contribution is -0.139. The summed E-state index contributed by atoms with van der Waals surface area (Å²) in [5.41, 5.74) is 0. The maximum absolute atomic E-state index is 11.6. The number of carbonyl (C=O) groups is 2. The van der Waals surface area contributed by atoms with E-state index < -0.39 is 12.0 Å². The standard InChI is InChI=1S/C13H23N3O3/c1-2-16(10-5-6-10)8-7-14-13(19)15-11(12(17)18)9-3-4-9/h9-11H,2-8H2,1H3,(H,17,18)(H2,14,15,19). The molecule has 1 unspecified atom stereocenters. The van der Waals surface area contributed by atoms with Crippen molar-refractivity contribution in [3.8, 4) is 0 Å². The van der Waals surface area contributed by atoms with Crippen molar-refractivity contribution in [2.45, 2.75) is 44.7 Å². The predicted octanol–water partition coefficient (Wildman–Crippen LogP) is 0.633. The summed E-state index contributed by atoms with van der Waals surface area (Å²) in [4.78, 5) is 25.0. The number of hydrogen-bond donors (Lipinski definition) is 3. The van der Waals surface area contributed by atoms with E-state index in [4.69, 9.17) is 5.11 Å². The number of likely N-dealkylation sites (N-methyl/N-ethyl adjacent to an activating group) is 1. The fraction of sp³-hybridized carbons (Fsp3) is 0.846. The lowest BCUT2D eigenvalue weighted by Crippen LogP contribution is -2.48. The SMILES string of the molecule is CCN(CCNC(=O)NC(C(=O)O)C1CC1)C1CC1. The minimum absolute atomic E-state index is 0.113. The molecule has 2 amide bonds. The van der Waals surface area contributed by atoms with Crippen LogP contribution in [0.25, 0.3) is 0 Å². The number of hydrogen-bond acceptors (Lipinski definition) is 3. The summed E-state index contributed by atoms with van der Waals surface area (Å²) in [5.74, 6) is -0.826. The number of aliphatic carboxylic acids is 1. The van der Waals surface area contributed by atoms with E-state index in [1.165, 1.54) is 12.8 Å². The second-order valence-corrected chi connectivity index (χ2v) is 5.41. The van der Waals surface area contributed by atoms with Gasteiger partial charge in [0, 0.05) is 19.1 Å². The summed E-state index contributed by atoms with van der Waals surface area (Å²) in [7, 11) is 0. The van der Waals surface area contributed by atoms with Crippen molar-refractivity contribution < 1.29 is 14.7 Å². The largest absolute Gasteiger partial charge is 0.480 e. The van der Waals surface area contributed by atoms with Crippen LogP contribution in [0.15, 0.2) is 0 Å². The molecule has 6 nitrogen and oxygen atoms in total. The Morgan fingerprint density at radius 2 is 2.00 bits per heavy atom. The van der Waals surface area contributed by atoms with E-state index in [2.05, 4.69) is 22.5 Å². The van der Waals surface area contributed by atoms with Crippen LogP contribution in [0.5, 0.6) is 0 Å². The van der Waals surface area contributed by atoms with Crippen molar-refractivity contribution in [3.63, 3.8) is 0 Å². The van der Waals surface area contributed by atoms with Gasteiger partial charge in [0.1, 0.15) is 6.04 Å². The monoisotopic (exact) mass is 269 g/mol. The number of nitrogens with zero attached hydrogens (tertiary/aromatic N) is 1. The van der Waals surface area contributed by atoms with Crippen LogP contribution in [0.4, 0.5) is 4.79 Å². The van der Waals surface area contributed by atoms with Gasteiger partial charge in [-0.2, -0.15) is 0 Å². The van der Waals surface area contributed by atoms with E-state index in [9.17, 15) is 9.59 Å². The van der Waals surface area contributed by atoms with Gasteiger partial charge in [-0.15, -0.1) is 0 Å². The summed E-state index contributed by atoms with van der Waals surface area (Å²) in [6, 6.07) is -0.412. The molecule has 108 valence electrons. The third-order valence-corrected chi connectivity index (χ3v) is 3.80. The lowest BCUT2D eigenvalue weighted by Gasteiger charge is -2.20. The van der Waals surface area contributed by atoms with Crippen LogP contribution >= 0.6 is 0 Å². The second kappa shape index (κ2) is 6.23. The molecule has 19 heavy (non-hydrogen) atoms. The number of carbonyl (C=O) groups excluding carboxylic acids is 1. The van der Waals surface area contributed by atoms with Gasteiger partial charge in [0.15, 0.2) is 0 Å². The molecule has 0 aliphatic heterocycles. The van der Waals surface area contributed by atoms with E-state index in [0.29, 0.717) is 12.6 Å². The molecule has 0 aromatic rings. The molecular formula is C13H23N3O3. The molecule has 0 aromatic carbocycles. The fourth-order valence-corrected chi connectivity index (χ4v) is 2.35. The number of amides is 2. The number of rotatable bonds is 8. The van der Waals surface area contributed by atoms with Gasteiger partial charge < -0.3 is 15.7 Å². The predicted molar refractivity (Wildman–Crippen MR) is 71.0 cm³/mol. The van der Waals surface area contributed by atoms with Crippen LogP contribution in [0.1, 0.15) is 32.6 Å². The van der Waals surface area contributed by atoms with E-state index in [-0.39, 0.29) is 11.9 Å². The summed E-state index contributed by atoms with van der Waals surface area (Å²) in [6.45, 7) is 4.50. The molecule has 1 atom stereocenters. The first-order valence-corrected chi connectivity index (χ1v) is 7.13. The maximum atomic E-state index is 11.6. The van der Waals surface area contributed by atoms with Crippen molar-refractivity contribution in [2.75, 3.05) is 19.6 Å². The molecule has 0 heterocycles. The van der Waals surface area contributed by atoms with Crippen LogP contribution in [0, 0.1) is 5.92 Å². The highest BCUT2D eigenvalue weighted by molar-refractivity contribution is 5.83. The van der Waals surface area contributed by atoms with Gasteiger partial charge >= 0.3 is 12.0 Å². The van der Waals surface area contributed by atoms with Crippen LogP contribution < -0.4 is 10.6 Å². The smallest absolute Gasteiger partial charge is 0.326 e. The molecule has 2 rings (SSSR count). The van der Waals surface area contributed by atoms with E-state index in [1.807, 2.05) is 0 Å². The Bertz CT molecular complexity index is 340. The molecule has 3 N–H and O–H groups in total. The first kappa shape index (κ1) is 14.1. The zero-order valence-electron chi connectivity index (χ0n) is 11.4. The highest BCUT2D eigenvalue weighted by Crippen LogP contribution is 2.32. The summed E-state index contributed by atoms with van der Waals surface area (Å²) >= 11 is 0. The minimum atomic E-state index is -0.939. The Labute approximate surface area is 113 Å². The quantitative estimate of drug-likeness (QED) is 0.604. The van der Waals surface area contributed by atoms with E-state index in [0.717, 1.165) is 25.9 Å². The zero-order valence-corrected chi connectivity index (χ0v) is 11.4. The molecule has 0 spiro atoms. The molecule has 0 aromatic heterocycles. The first-order chi connectivity index (χ1) is 9.11. The highest BCUT2D eigenvalue weighted by Gasteiger charge is 2.37. The van der Waals surface area contributed by atoms with Gasteiger partial charge in [0.2, 0.25) is 0 Å². The van der Waals surface area contributed by atoms with Gasteiger partial charge in [0.25, 0.3) is 0 Å². The molecule has 2 aliphatic carbocycles.